The molecule has 3 N–H and O–H groups in total. The molecule has 1 aliphatic rings. The molecule has 0 bridgehead atoms. The minimum Gasteiger partial charge on any atom is -0.312 e. The summed E-state index contributed by atoms with van der Waals surface area (Å²) in [7, 11) is 0. The second kappa shape index (κ2) is 12.0. The molecule has 2 unspecified atom stereocenters. The molecule has 242 valence electrons. The summed E-state index contributed by atoms with van der Waals surface area (Å²) >= 11 is 0. The van der Waals surface area contributed by atoms with Gasteiger partial charge in [0.2, 0.25) is 0 Å². The Hall–Kier alpha value is -5.74. The van der Waals surface area contributed by atoms with Gasteiger partial charge in [0.15, 0.2) is 0 Å². The average Bonchev–Trinajstić information content (AvgIpc) is 3.61. The van der Waals surface area contributed by atoms with Crippen LogP contribution in [0.2, 0.25) is 0 Å². The minimum absolute atomic E-state index is 0.0955. The molecule has 0 fully saturated rings. The van der Waals surface area contributed by atoms with Gasteiger partial charge in [0, 0.05) is 21.9 Å². The first-order valence-corrected chi connectivity index (χ1v) is 17.5. The van der Waals surface area contributed by atoms with Crippen molar-refractivity contribution in [3.63, 3.8) is 0 Å². The number of para-hydroxylation sites is 2. The monoisotopic (exact) mass is 645 g/mol. The molecule has 50 heavy (non-hydrogen) atoms. The normalized spacial score (nSPS) is 14.7. The first-order chi connectivity index (χ1) is 24.5. The topological polar surface area (TPSA) is 43.0 Å². The Morgan fingerprint density at radius 2 is 1.28 bits per heavy atom. The molecule has 0 aliphatic heterocycles. The first kappa shape index (κ1) is 30.3. The third-order valence-corrected chi connectivity index (χ3v) is 10.7. The highest BCUT2D eigenvalue weighted by atomic mass is 15.0. The van der Waals surface area contributed by atoms with Crippen LogP contribution in [0.5, 0.6) is 0 Å². The van der Waals surface area contributed by atoms with Crippen molar-refractivity contribution in [2.24, 2.45) is 5.73 Å². The maximum atomic E-state index is 6.89. The van der Waals surface area contributed by atoms with Crippen molar-refractivity contribution >= 4 is 38.7 Å². The van der Waals surface area contributed by atoms with E-state index in [2.05, 4.69) is 175 Å². The van der Waals surface area contributed by atoms with E-state index in [1.165, 1.54) is 60.4 Å². The van der Waals surface area contributed by atoms with Gasteiger partial charge in [0.05, 0.1) is 23.2 Å². The molecular formula is C47H39N3. The number of aromatic nitrogens is 1. The second-order valence-electron chi connectivity index (χ2n) is 14.0. The van der Waals surface area contributed by atoms with Gasteiger partial charge in [-0.05, 0) is 86.1 Å². The predicted octanol–water partition coefficient (Wildman–Crippen LogP) is 11.2. The van der Waals surface area contributed by atoms with E-state index in [0.29, 0.717) is 0 Å². The van der Waals surface area contributed by atoms with Crippen LogP contribution in [0, 0.1) is 0 Å². The Labute approximate surface area is 293 Å². The van der Waals surface area contributed by atoms with E-state index in [9.17, 15) is 0 Å². The Morgan fingerprint density at radius 1 is 0.600 bits per heavy atom. The van der Waals surface area contributed by atoms with E-state index in [1.54, 1.807) is 0 Å². The standard InChI is InChI=1S/C47H39N3/c1-47(2)40-22-13-18-31(45(40)39-28-33-16-9-10-17-34(33)29-41(39)47)25-27-42(49-46(48)32-14-5-3-6-15-32)35-24-26-38-37-21-11-12-23-43(37)50(44(38)30-35)36-19-7-4-8-20-36/h3-30,42,46,49H,48H2,1-2H3/b27-25+. The predicted molar refractivity (Wildman–Crippen MR) is 211 cm³/mol. The van der Waals surface area contributed by atoms with E-state index >= 15 is 0 Å². The molecule has 0 spiro atoms. The highest BCUT2D eigenvalue weighted by Crippen LogP contribution is 2.51. The minimum atomic E-state index is -0.353. The number of hydrogen-bond acceptors (Lipinski definition) is 2. The van der Waals surface area contributed by atoms with Crippen LogP contribution in [0.1, 0.15) is 53.9 Å². The zero-order chi connectivity index (χ0) is 33.8. The lowest BCUT2D eigenvalue weighted by molar-refractivity contribution is 0.509. The van der Waals surface area contributed by atoms with Gasteiger partial charge in [0.25, 0.3) is 0 Å². The van der Waals surface area contributed by atoms with Crippen LogP contribution >= 0.6 is 0 Å². The number of nitrogens with two attached hydrogens (primary N) is 1. The van der Waals surface area contributed by atoms with Gasteiger partial charge in [-0.2, -0.15) is 0 Å². The third-order valence-electron chi connectivity index (χ3n) is 10.7. The van der Waals surface area contributed by atoms with Crippen LogP contribution < -0.4 is 11.1 Å². The van der Waals surface area contributed by atoms with E-state index in [4.69, 9.17) is 5.73 Å². The quantitative estimate of drug-likeness (QED) is 0.169. The van der Waals surface area contributed by atoms with Crippen LogP contribution in [0.15, 0.2) is 164 Å². The van der Waals surface area contributed by atoms with Gasteiger partial charge in [0.1, 0.15) is 0 Å². The van der Waals surface area contributed by atoms with Crippen LogP contribution in [-0.4, -0.2) is 4.57 Å². The number of benzene rings is 7. The third kappa shape index (κ3) is 4.97. The summed E-state index contributed by atoms with van der Waals surface area (Å²) in [5.74, 6) is 0. The molecule has 7 aromatic carbocycles. The fourth-order valence-electron chi connectivity index (χ4n) is 8.09. The maximum absolute atomic E-state index is 6.89. The molecule has 0 saturated heterocycles. The van der Waals surface area contributed by atoms with Crippen LogP contribution in [-0.2, 0) is 5.41 Å². The fraction of sp³-hybridized carbons (Fsp3) is 0.106. The van der Waals surface area contributed by atoms with Gasteiger partial charge < -0.3 is 10.3 Å². The van der Waals surface area contributed by atoms with Crippen molar-refractivity contribution in [1.29, 1.82) is 0 Å². The van der Waals surface area contributed by atoms with Crippen LogP contribution in [0.25, 0.3) is 55.5 Å². The van der Waals surface area contributed by atoms with Gasteiger partial charge in [-0.15, -0.1) is 0 Å². The van der Waals surface area contributed by atoms with Crippen molar-refractivity contribution in [3.8, 4) is 16.8 Å². The number of fused-ring (bicyclic) bond motifs is 7. The van der Waals surface area contributed by atoms with Crippen molar-refractivity contribution < 1.29 is 0 Å². The molecule has 1 aromatic heterocycles. The van der Waals surface area contributed by atoms with Crippen molar-refractivity contribution in [3.05, 3.63) is 192 Å². The van der Waals surface area contributed by atoms with E-state index in [-0.39, 0.29) is 17.6 Å². The van der Waals surface area contributed by atoms with E-state index < -0.39 is 0 Å². The smallest absolute Gasteiger partial charge is 0.0817 e. The van der Waals surface area contributed by atoms with Gasteiger partial charge in [-0.25, -0.2) is 0 Å². The van der Waals surface area contributed by atoms with Crippen molar-refractivity contribution in [1.82, 2.24) is 9.88 Å². The highest BCUT2D eigenvalue weighted by Gasteiger charge is 2.36. The molecular weight excluding hydrogens is 607 g/mol. The van der Waals surface area contributed by atoms with Gasteiger partial charge in [-0.1, -0.05) is 147 Å². The average molecular weight is 646 g/mol. The zero-order valence-electron chi connectivity index (χ0n) is 28.3. The molecule has 0 saturated carbocycles. The summed E-state index contributed by atoms with van der Waals surface area (Å²) in [5.41, 5.74) is 19.1. The summed E-state index contributed by atoms with van der Waals surface area (Å²) < 4.78 is 2.37. The van der Waals surface area contributed by atoms with Crippen molar-refractivity contribution in [2.75, 3.05) is 0 Å². The first-order valence-electron chi connectivity index (χ1n) is 17.5. The Morgan fingerprint density at radius 3 is 2.08 bits per heavy atom. The largest absolute Gasteiger partial charge is 0.312 e. The molecule has 8 aromatic rings. The molecule has 0 amide bonds. The van der Waals surface area contributed by atoms with Gasteiger partial charge in [-0.3, -0.25) is 5.32 Å². The van der Waals surface area contributed by atoms with E-state index in [0.717, 1.165) is 16.8 Å². The second-order valence-corrected chi connectivity index (χ2v) is 14.0. The number of hydrogen-bond donors (Lipinski definition) is 2. The molecule has 3 heteroatoms. The van der Waals surface area contributed by atoms with Gasteiger partial charge >= 0.3 is 0 Å². The SMILES string of the molecule is CC1(C)c2cc3ccccc3cc2-c2c(/C=C/C(NC(N)c3ccccc3)c3ccc4c5ccccc5n(-c5ccccc5)c4c3)cccc21. The summed E-state index contributed by atoms with van der Waals surface area (Å²) in [4.78, 5) is 0. The molecule has 2 atom stereocenters. The Bertz CT molecular complexity index is 2560. The summed E-state index contributed by atoms with van der Waals surface area (Å²) in [5, 5.41) is 8.81. The molecule has 0 radical (unpaired) electrons. The summed E-state index contributed by atoms with van der Waals surface area (Å²) in [6.45, 7) is 4.70. The summed E-state index contributed by atoms with van der Waals surface area (Å²) in [6.07, 6.45) is 4.24. The molecule has 9 rings (SSSR count). The van der Waals surface area contributed by atoms with Crippen LogP contribution in [0.3, 0.4) is 0 Å². The fourth-order valence-corrected chi connectivity index (χ4v) is 8.09. The van der Waals surface area contributed by atoms with E-state index in [1.807, 2.05) is 18.2 Å². The maximum Gasteiger partial charge on any atom is 0.0817 e. The lowest BCUT2D eigenvalue weighted by Gasteiger charge is -2.23. The number of nitrogens with zero attached hydrogens (tertiary/aromatic N) is 1. The van der Waals surface area contributed by atoms with Crippen molar-refractivity contribution in [2.45, 2.75) is 31.5 Å². The number of nitrogens with one attached hydrogen (secondary N) is 1. The zero-order valence-corrected chi connectivity index (χ0v) is 28.3. The lowest BCUT2D eigenvalue weighted by Crippen LogP contribution is -2.31. The summed E-state index contributed by atoms with van der Waals surface area (Å²) in [6, 6.07) is 56.5. The Balaban J connectivity index is 1.20. The molecule has 1 aliphatic carbocycles. The highest BCUT2D eigenvalue weighted by molar-refractivity contribution is 6.09. The molecule has 3 nitrogen and oxygen atoms in total. The number of rotatable bonds is 7. The molecule has 1 heterocycles. The lowest BCUT2D eigenvalue weighted by atomic mass is 9.81. The van der Waals surface area contributed by atoms with Crippen LogP contribution in [0.4, 0.5) is 0 Å². The Kier molecular flexibility index (Phi) is 7.27.